The van der Waals surface area contributed by atoms with Gasteiger partial charge in [-0.3, -0.25) is 9.36 Å². The van der Waals surface area contributed by atoms with E-state index in [1.165, 1.54) is 11.8 Å². The summed E-state index contributed by atoms with van der Waals surface area (Å²) >= 11 is 1.33. The van der Waals surface area contributed by atoms with Gasteiger partial charge >= 0.3 is 0 Å². The zero-order valence-electron chi connectivity index (χ0n) is 15.9. The number of para-hydroxylation sites is 2. The van der Waals surface area contributed by atoms with E-state index in [9.17, 15) is 13.2 Å². The number of hydrogen-bond donors (Lipinski definition) is 1. The molecular formula is C20H21N3O4S2. The molecule has 1 saturated heterocycles. The molecule has 29 heavy (non-hydrogen) atoms. The molecule has 1 fully saturated rings. The van der Waals surface area contributed by atoms with E-state index >= 15 is 0 Å². The van der Waals surface area contributed by atoms with Crippen LogP contribution < -0.4 is 10.1 Å². The van der Waals surface area contributed by atoms with Crippen LogP contribution in [0.1, 0.15) is 6.42 Å². The highest BCUT2D eigenvalue weighted by Crippen LogP contribution is 2.29. The highest BCUT2D eigenvalue weighted by Gasteiger charge is 2.29. The first-order valence-corrected chi connectivity index (χ1v) is 12.0. The molecule has 1 N–H and O–H groups in total. The van der Waals surface area contributed by atoms with Crippen molar-refractivity contribution >= 4 is 38.5 Å². The second kappa shape index (κ2) is 8.08. The van der Waals surface area contributed by atoms with E-state index in [0.29, 0.717) is 11.6 Å². The molecule has 9 heteroatoms. The summed E-state index contributed by atoms with van der Waals surface area (Å²) in [5.74, 6) is 0.894. The molecular weight excluding hydrogens is 410 g/mol. The van der Waals surface area contributed by atoms with Crippen molar-refractivity contribution in [2.75, 3.05) is 24.4 Å². The van der Waals surface area contributed by atoms with E-state index in [-0.39, 0.29) is 29.2 Å². The van der Waals surface area contributed by atoms with Gasteiger partial charge in [0.2, 0.25) is 5.91 Å². The lowest BCUT2D eigenvalue weighted by molar-refractivity contribution is -0.119. The SMILES string of the molecule is COc1ccc(-n2c(SCC(=O)NC3CCS(=O)(=O)C3)nc3ccccc32)cc1. The molecule has 0 spiro atoms. The van der Waals surface area contributed by atoms with Gasteiger partial charge in [-0.2, -0.15) is 0 Å². The molecule has 7 nitrogen and oxygen atoms in total. The fourth-order valence-electron chi connectivity index (χ4n) is 3.39. The maximum atomic E-state index is 12.3. The number of amides is 1. The van der Waals surface area contributed by atoms with Crippen molar-refractivity contribution in [1.29, 1.82) is 0 Å². The molecule has 1 atom stereocenters. The van der Waals surface area contributed by atoms with Gasteiger partial charge in [0.15, 0.2) is 15.0 Å². The maximum absolute atomic E-state index is 12.3. The van der Waals surface area contributed by atoms with Crippen molar-refractivity contribution in [2.45, 2.75) is 17.6 Å². The lowest BCUT2D eigenvalue weighted by atomic mass is 10.2. The predicted molar refractivity (Wildman–Crippen MR) is 114 cm³/mol. The molecule has 1 amide bonds. The number of sulfone groups is 1. The zero-order valence-corrected chi connectivity index (χ0v) is 17.5. The van der Waals surface area contributed by atoms with Crippen molar-refractivity contribution in [2.24, 2.45) is 0 Å². The molecule has 2 aromatic carbocycles. The van der Waals surface area contributed by atoms with Gasteiger partial charge in [-0.1, -0.05) is 23.9 Å². The minimum atomic E-state index is -3.02. The largest absolute Gasteiger partial charge is 0.497 e. The van der Waals surface area contributed by atoms with Crippen LogP contribution in [0.15, 0.2) is 53.7 Å². The summed E-state index contributed by atoms with van der Waals surface area (Å²) in [6.45, 7) is 0. The lowest BCUT2D eigenvalue weighted by Crippen LogP contribution is -2.36. The van der Waals surface area contributed by atoms with E-state index in [4.69, 9.17) is 4.74 Å². The van der Waals surface area contributed by atoms with Crippen LogP contribution in [0.3, 0.4) is 0 Å². The Morgan fingerprint density at radius 1 is 1.24 bits per heavy atom. The molecule has 1 aliphatic rings. The number of nitrogens with one attached hydrogen (secondary N) is 1. The average Bonchev–Trinajstić information content (AvgIpc) is 3.25. The third-order valence-corrected chi connectivity index (χ3v) is 7.50. The van der Waals surface area contributed by atoms with Crippen molar-refractivity contribution < 1.29 is 17.9 Å². The fraction of sp³-hybridized carbons (Fsp3) is 0.300. The standard InChI is InChI=1S/C20H21N3O4S2/c1-27-16-8-6-15(7-9-16)23-18-5-3-2-4-17(18)22-20(23)28-12-19(24)21-14-10-11-29(25,26)13-14/h2-9,14H,10-13H2,1H3,(H,21,24). The molecule has 152 valence electrons. The second-order valence-electron chi connectivity index (χ2n) is 6.87. The van der Waals surface area contributed by atoms with Gasteiger partial charge in [-0.15, -0.1) is 0 Å². The number of carbonyl (C=O) groups excluding carboxylic acids is 1. The number of fused-ring (bicyclic) bond motifs is 1. The number of benzene rings is 2. The highest BCUT2D eigenvalue weighted by molar-refractivity contribution is 7.99. The third-order valence-electron chi connectivity index (χ3n) is 4.79. The smallest absolute Gasteiger partial charge is 0.230 e. The molecule has 1 aliphatic heterocycles. The van der Waals surface area contributed by atoms with Crippen LogP contribution in [-0.4, -0.2) is 54.3 Å². The van der Waals surface area contributed by atoms with Crippen LogP contribution in [0.4, 0.5) is 0 Å². The number of imidazole rings is 1. The first-order chi connectivity index (χ1) is 13.9. The first-order valence-electron chi connectivity index (χ1n) is 9.20. The highest BCUT2D eigenvalue weighted by atomic mass is 32.2. The fourth-order valence-corrected chi connectivity index (χ4v) is 5.90. The molecule has 0 saturated carbocycles. The number of hydrogen-bond acceptors (Lipinski definition) is 6. The predicted octanol–water partition coefficient (Wildman–Crippen LogP) is 2.43. The number of thioether (sulfide) groups is 1. The Morgan fingerprint density at radius 3 is 2.69 bits per heavy atom. The monoisotopic (exact) mass is 431 g/mol. The third kappa shape index (κ3) is 4.40. The summed E-state index contributed by atoms with van der Waals surface area (Å²) in [5, 5.41) is 3.52. The van der Waals surface area contributed by atoms with Gasteiger partial charge in [0.1, 0.15) is 5.75 Å². The molecule has 1 aromatic heterocycles. The molecule has 0 bridgehead atoms. The Bertz CT molecular complexity index is 1140. The van der Waals surface area contributed by atoms with Crippen molar-refractivity contribution in [3.63, 3.8) is 0 Å². The van der Waals surface area contributed by atoms with Crippen LogP contribution >= 0.6 is 11.8 Å². The summed E-state index contributed by atoms with van der Waals surface area (Å²) in [7, 11) is -1.40. The van der Waals surface area contributed by atoms with Crippen LogP contribution in [-0.2, 0) is 14.6 Å². The van der Waals surface area contributed by atoms with E-state index in [1.54, 1.807) is 7.11 Å². The lowest BCUT2D eigenvalue weighted by Gasteiger charge is -2.12. The first kappa shape index (κ1) is 19.8. The van der Waals surface area contributed by atoms with Gasteiger partial charge in [-0.25, -0.2) is 13.4 Å². The van der Waals surface area contributed by atoms with Gasteiger partial charge < -0.3 is 10.1 Å². The number of nitrogens with zero attached hydrogens (tertiary/aromatic N) is 2. The van der Waals surface area contributed by atoms with Gasteiger partial charge in [-0.05, 0) is 42.8 Å². The number of rotatable bonds is 6. The van der Waals surface area contributed by atoms with Crippen molar-refractivity contribution in [1.82, 2.24) is 14.9 Å². The summed E-state index contributed by atoms with van der Waals surface area (Å²) in [5.41, 5.74) is 2.71. The Labute approximate surface area is 173 Å². The molecule has 0 aliphatic carbocycles. The quantitative estimate of drug-likeness (QED) is 0.603. The number of ether oxygens (including phenoxy) is 1. The summed E-state index contributed by atoms with van der Waals surface area (Å²) < 4.78 is 30.4. The summed E-state index contributed by atoms with van der Waals surface area (Å²) in [4.78, 5) is 17.0. The zero-order chi connectivity index (χ0) is 20.4. The minimum absolute atomic E-state index is 0.0216. The maximum Gasteiger partial charge on any atom is 0.230 e. The van der Waals surface area contributed by atoms with Crippen LogP contribution in [0.2, 0.25) is 0 Å². The van der Waals surface area contributed by atoms with Crippen LogP contribution in [0, 0.1) is 0 Å². The van der Waals surface area contributed by atoms with Gasteiger partial charge in [0.25, 0.3) is 0 Å². The number of methoxy groups -OCH3 is 1. The molecule has 3 aromatic rings. The van der Waals surface area contributed by atoms with Crippen LogP contribution in [0.5, 0.6) is 5.75 Å². The Kier molecular flexibility index (Phi) is 5.51. The Hall–Kier alpha value is -2.52. The van der Waals surface area contributed by atoms with E-state index < -0.39 is 9.84 Å². The Morgan fingerprint density at radius 2 is 2.00 bits per heavy atom. The van der Waals surface area contributed by atoms with E-state index in [0.717, 1.165) is 22.5 Å². The summed E-state index contributed by atoms with van der Waals surface area (Å²) in [6, 6.07) is 15.1. The second-order valence-corrected chi connectivity index (χ2v) is 10.0. The minimum Gasteiger partial charge on any atom is -0.497 e. The molecule has 1 unspecified atom stereocenters. The normalized spacial score (nSPS) is 18.0. The topological polar surface area (TPSA) is 90.3 Å². The number of carbonyl (C=O) groups is 1. The average molecular weight is 432 g/mol. The van der Waals surface area contributed by atoms with Crippen molar-refractivity contribution in [3.8, 4) is 11.4 Å². The van der Waals surface area contributed by atoms with Crippen molar-refractivity contribution in [3.05, 3.63) is 48.5 Å². The summed E-state index contributed by atoms with van der Waals surface area (Å²) in [6.07, 6.45) is 0.475. The van der Waals surface area contributed by atoms with Gasteiger partial charge in [0, 0.05) is 11.7 Å². The number of aromatic nitrogens is 2. The molecule has 4 rings (SSSR count). The van der Waals surface area contributed by atoms with Crippen LogP contribution in [0.25, 0.3) is 16.7 Å². The molecule has 2 heterocycles. The van der Waals surface area contributed by atoms with Gasteiger partial charge in [0.05, 0.1) is 35.4 Å². The Balaban J connectivity index is 1.54. The van der Waals surface area contributed by atoms with E-state index in [1.807, 2.05) is 53.1 Å². The molecule has 0 radical (unpaired) electrons. The van der Waals surface area contributed by atoms with E-state index in [2.05, 4.69) is 10.3 Å².